The minimum atomic E-state index is 0.205. The predicted molar refractivity (Wildman–Crippen MR) is 65.6 cm³/mol. The highest BCUT2D eigenvalue weighted by molar-refractivity contribution is 5.76. The number of aromatic nitrogens is 2. The number of hydrogen-bond donors (Lipinski definition) is 2. The van der Waals surface area contributed by atoms with E-state index in [0.29, 0.717) is 0 Å². The van der Waals surface area contributed by atoms with Crippen LogP contribution in [0, 0.1) is 0 Å². The lowest BCUT2D eigenvalue weighted by Gasteiger charge is -2.11. The van der Waals surface area contributed by atoms with Gasteiger partial charge in [-0.05, 0) is 24.1 Å². The largest absolute Gasteiger partial charge is 0.396 e. The van der Waals surface area contributed by atoms with Crippen LogP contribution < -0.4 is 0 Å². The molecule has 0 saturated heterocycles. The molecular weight excluding hydrogens is 200 g/mol. The molecule has 1 aromatic heterocycles. The lowest BCUT2D eigenvalue weighted by molar-refractivity contribution is 0.262. The molecule has 1 unspecified atom stereocenters. The minimum Gasteiger partial charge on any atom is -0.396 e. The van der Waals surface area contributed by atoms with Crippen molar-refractivity contribution in [2.24, 2.45) is 0 Å². The highest BCUT2D eigenvalue weighted by Gasteiger charge is 2.09. The number of nitrogens with zero attached hydrogens (tertiary/aromatic N) is 1. The van der Waals surface area contributed by atoms with Gasteiger partial charge < -0.3 is 10.1 Å². The summed E-state index contributed by atoms with van der Waals surface area (Å²) in [6, 6.07) is 6.19. The van der Waals surface area contributed by atoms with Gasteiger partial charge in [-0.3, -0.25) is 0 Å². The van der Waals surface area contributed by atoms with E-state index >= 15 is 0 Å². The fourth-order valence-electron chi connectivity index (χ4n) is 1.97. The summed E-state index contributed by atoms with van der Waals surface area (Å²) in [6.45, 7) is 4.38. The molecule has 2 aromatic rings. The van der Waals surface area contributed by atoms with E-state index in [-0.39, 0.29) is 12.5 Å². The zero-order valence-electron chi connectivity index (χ0n) is 9.83. The Hall–Kier alpha value is -1.35. The van der Waals surface area contributed by atoms with Gasteiger partial charge in [-0.15, -0.1) is 0 Å². The Morgan fingerprint density at radius 2 is 2.19 bits per heavy atom. The summed E-state index contributed by atoms with van der Waals surface area (Å²) in [7, 11) is 0. The van der Waals surface area contributed by atoms with E-state index in [2.05, 4.69) is 35.9 Å². The van der Waals surface area contributed by atoms with E-state index in [1.165, 1.54) is 5.56 Å². The number of H-pyrrole nitrogens is 1. The quantitative estimate of drug-likeness (QED) is 0.828. The Morgan fingerprint density at radius 3 is 2.81 bits per heavy atom. The van der Waals surface area contributed by atoms with E-state index in [9.17, 15) is 5.11 Å². The second-order valence-electron chi connectivity index (χ2n) is 4.10. The highest BCUT2D eigenvalue weighted by atomic mass is 16.3. The number of nitrogens with one attached hydrogen (secondary N) is 1. The van der Waals surface area contributed by atoms with Gasteiger partial charge in [0.15, 0.2) is 0 Å². The molecule has 16 heavy (non-hydrogen) atoms. The van der Waals surface area contributed by atoms with Crippen LogP contribution in [-0.2, 0) is 6.42 Å². The van der Waals surface area contributed by atoms with Crippen LogP contribution in [0.3, 0.4) is 0 Å². The van der Waals surface area contributed by atoms with Crippen molar-refractivity contribution in [3.05, 3.63) is 29.6 Å². The molecule has 0 aliphatic heterocycles. The van der Waals surface area contributed by atoms with Gasteiger partial charge in [0.1, 0.15) is 5.82 Å². The van der Waals surface area contributed by atoms with Gasteiger partial charge in [0, 0.05) is 18.9 Å². The molecular formula is C13H18N2O. The van der Waals surface area contributed by atoms with Crippen molar-refractivity contribution in [3.63, 3.8) is 0 Å². The maximum Gasteiger partial charge on any atom is 0.106 e. The van der Waals surface area contributed by atoms with Gasteiger partial charge >= 0.3 is 0 Å². The Balaban J connectivity index is 2.42. The average Bonchev–Trinajstić information content (AvgIpc) is 2.73. The summed E-state index contributed by atoms with van der Waals surface area (Å²) in [5.74, 6) is 1.25. The van der Waals surface area contributed by atoms with Gasteiger partial charge in [0.2, 0.25) is 0 Å². The average molecular weight is 218 g/mol. The van der Waals surface area contributed by atoms with Crippen LogP contribution in [0.1, 0.15) is 37.6 Å². The lowest BCUT2D eigenvalue weighted by Crippen LogP contribution is -2.02. The maximum atomic E-state index is 9.28. The first-order chi connectivity index (χ1) is 7.78. The zero-order valence-corrected chi connectivity index (χ0v) is 9.83. The highest BCUT2D eigenvalue weighted by Crippen LogP contribution is 2.22. The summed E-state index contributed by atoms with van der Waals surface area (Å²) in [5.41, 5.74) is 3.26. The summed E-state index contributed by atoms with van der Waals surface area (Å²) in [6.07, 6.45) is 1.87. The van der Waals surface area contributed by atoms with E-state index in [1.54, 1.807) is 0 Å². The number of aliphatic hydroxyl groups excluding tert-OH is 1. The van der Waals surface area contributed by atoms with Gasteiger partial charge in [-0.25, -0.2) is 4.98 Å². The number of imidazole rings is 1. The zero-order chi connectivity index (χ0) is 11.5. The first-order valence-electron chi connectivity index (χ1n) is 5.87. The minimum absolute atomic E-state index is 0.205. The van der Waals surface area contributed by atoms with Crippen molar-refractivity contribution in [1.29, 1.82) is 0 Å². The first-order valence-corrected chi connectivity index (χ1v) is 5.87. The number of hydrogen-bond acceptors (Lipinski definition) is 2. The third-order valence-corrected chi connectivity index (χ3v) is 3.07. The second kappa shape index (κ2) is 4.66. The molecule has 0 spiro atoms. The summed E-state index contributed by atoms with van der Waals surface area (Å²) in [5, 5.41) is 9.28. The molecule has 0 amide bonds. The molecule has 0 fully saturated rings. The molecule has 0 bridgehead atoms. The smallest absolute Gasteiger partial charge is 0.106 e. The van der Waals surface area contributed by atoms with E-state index in [1.807, 2.05) is 6.07 Å². The molecule has 3 nitrogen and oxygen atoms in total. The van der Waals surface area contributed by atoms with Gasteiger partial charge in [0.25, 0.3) is 0 Å². The van der Waals surface area contributed by atoms with E-state index < -0.39 is 0 Å². The van der Waals surface area contributed by atoms with Gasteiger partial charge in [0.05, 0.1) is 11.0 Å². The van der Waals surface area contributed by atoms with Crippen molar-refractivity contribution < 1.29 is 5.11 Å². The fraction of sp³-hybridized carbons (Fsp3) is 0.462. The molecule has 0 aliphatic rings. The molecule has 1 atom stereocenters. The number of aromatic amines is 1. The number of aliphatic hydroxyl groups is 1. The Labute approximate surface area is 95.5 Å². The van der Waals surface area contributed by atoms with Crippen molar-refractivity contribution in [1.82, 2.24) is 9.97 Å². The molecule has 0 saturated carbocycles. The molecule has 1 heterocycles. The Kier molecular flexibility index (Phi) is 3.25. The maximum absolute atomic E-state index is 9.28. The Morgan fingerprint density at radius 1 is 1.38 bits per heavy atom. The molecule has 0 aliphatic carbocycles. The van der Waals surface area contributed by atoms with Crippen LogP contribution in [0.2, 0.25) is 0 Å². The second-order valence-corrected chi connectivity index (χ2v) is 4.10. The van der Waals surface area contributed by atoms with Crippen LogP contribution in [0.5, 0.6) is 0 Å². The van der Waals surface area contributed by atoms with Crippen LogP contribution >= 0.6 is 0 Å². The molecule has 0 radical (unpaired) electrons. The standard InChI is InChI=1S/C13H18N2O/c1-3-9(8-16)10-5-6-11-12(7-10)15-13(4-2)14-11/h5-7,9,16H,3-4,8H2,1-2H3,(H,14,15). The molecule has 3 heteroatoms. The van der Waals surface area contributed by atoms with Crippen molar-refractivity contribution in [2.45, 2.75) is 32.6 Å². The molecule has 2 rings (SSSR count). The molecule has 1 aromatic carbocycles. The van der Waals surface area contributed by atoms with Crippen molar-refractivity contribution in [2.75, 3.05) is 6.61 Å². The topological polar surface area (TPSA) is 48.9 Å². The Bertz CT molecular complexity index is 472. The van der Waals surface area contributed by atoms with E-state index in [0.717, 1.165) is 29.7 Å². The summed E-state index contributed by atoms with van der Waals surface area (Å²) >= 11 is 0. The normalized spacial score (nSPS) is 13.2. The predicted octanol–water partition coefficient (Wildman–Crippen LogP) is 2.61. The van der Waals surface area contributed by atoms with Crippen LogP contribution in [0.25, 0.3) is 11.0 Å². The molecule has 2 N–H and O–H groups in total. The summed E-state index contributed by atoms with van der Waals surface area (Å²) < 4.78 is 0. The SMILES string of the molecule is CCc1nc2ccc(C(CC)CO)cc2[nH]1. The van der Waals surface area contributed by atoms with Gasteiger partial charge in [-0.2, -0.15) is 0 Å². The van der Waals surface area contributed by atoms with Crippen molar-refractivity contribution in [3.8, 4) is 0 Å². The van der Waals surface area contributed by atoms with E-state index in [4.69, 9.17) is 0 Å². The van der Waals surface area contributed by atoms with Crippen LogP contribution in [-0.4, -0.2) is 21.7 Å². The fourth-order valence-corrected chi connectivity index (χ4v) is 1.97. The van der Waals surface area contributed by atoms with Crippen LogP contribution in [0.15, 0.2) is 18.2 Å². The van der Waals surface area contributed by atoms with Crippen molar-refractivity contribution >= 4 is 11.0 Å². The third kappa shape index (κ3) is 1.95. The number of aryl methyl sites for hydroxylation is 1. The van der Waals surface area contributed by atoms with Gasteiger partial charge in [-0.1, -0.05) is 19.9 Å². The first kappa shape index (κ1) is 11.1. The third-order valence-electron chi connectivity index (χ3n) is 3.07. The number of rotatable bonds is 4. The number of fused-ring (bicyclic) bond motifs is 1. The van der Waals surface area contributed by atoms with Crippen LogP contribution in [0.4, 0.5) is 0 Å². The lowest BCUT2D eigenvalue weighted by atomic mass is 9.97. The molecule has 86 valence electrons. The monoisotopic (exact) mass is 218 g/mol. The number of benzene rings is 1. The summed E-state index contributed by atoms with van der Waals surface area (Å²) in [4.78, 5) is 7.76.